The van der Waals surface area contributed by atoms with E-state index in [0.717, 1.165) is 5.56 Å². The van der Waals surface area contributed by atoms with Crippen LogP contribution in [0.4, 0.5) is 9.59 Å². The molecule has 0 spiro atoms. The summed E-state index contributed by atoms with van der Waals surface area (Å²) in [5.41, 5.74) is 11.1. The Kier molecular flexibility index (Phi) is 11.1. The van der Waals surface area contributed by atoms with Crippen LogP contribution < -0.4 is 11.5 Å². The number of nitrogens with zero attached hydrogens (tertiary/aromatic N) is 2. The molecule has 0 aliphatic heterocycles. The molecule has 1 atom stereocenters. The summed E-state index contributed by atoms with van der Waals surface area (Å²) in [5.74, 6) is -1.54. The van der Waals surface area contributed by atoms with Gasteiger partial charge in [0, 0.05) is 6.54 Å². The third kappa shape index (κ3) is 9.85. The maximum atomic E-state index is 12.5. The maximum absolute atomic E-state index is 12.5. The number of carbonyl (C=O) groups excluding carboxylic acids is 2. The minimum atomic E-state index is -1.12. The lowest BCUT2D eigenvalue weighted by atomic mass is 10.2. The third-order valence-corrected chi connectivity index (χ3v) is 3.46. The average Bonchev–Trinajstić information content (AvgIpc) is 2.62. The van der Waals surface area contributed by atoms with Gasteiger partial charge in [-0.25, -0.2) is 9.59 Å². The molecule has 168 valence electrons. The number of benzene rings is 1. The average molecular weight is 426 g/mol. The Balaban J connectivity index is 0.00000841. The number of hydrogen-bond acceptors (Lipinski definition) is 7. The molecule has 1 aromatic rings. The van der Waals surface area contributed by atoms with Crippen LogP contribution >= 0.6 is 0 Å². The number of imide groups is 1. The number of carboxylic acids is 1. The van der Waals surface area contributed by atoms with E-state index in [-0.39, 0.29) is 25.0 Å². The molecule has 30 heavy (non-hydrogen) atoms. The van der Waals surface area contributed by atoms with E-state index in [4.69, 9.17) is 26.0 Å². The number of nitrogens with two attached hydrogens (primary N) is 2. The Hall–Kier alpha value is -3.18. The predicted octanol–water partition coefficient (Wildman–Crippen LogP) is 1.24. The molecule has 0 fully saturated rings. The largest absolute Gasteiger partial charge is 0.480 e. The number of carboxylic acid groups (broad SMARTS) is 1. The number of ether oxygens (including phenoxy) is 2. The van der Waals surface area contributed by atoms with Gasteiger partial charge >= 0.3 is 18.2 Å². The van der Waals surface area contributed by atoms with Crippen LogP contribution in [0.1, 0.15) is 39.2 Å². The Morgan fingerprint density at radius 1 is 1.17 bits per heavy atom. The van der Waals surface area contributed by atoms with Crippen molar-refractivity contribution >= 4 is 24.1 Å². The van der Waals surface area contributed by atoms with Crippen molar-refractivity contribution in [2.75, 3.05) is 6.54 Å². The van der Waals surface area contributed by atoms with Crippen molar-refractivity contribution in [1.82, 2.24) is 4.90 Å². The van der Waals surface area contributed by atoms with Crippen LogP contribution in [-0.4, -0.2) is 57.8 Å². The second-order valence-electron chi connectivity index (χ2n) is 7.18. The third-order valence-electron chi connectivity index (χ3n) is 3.46. The second-order valence-corrected chi connectivity index (χ2v) is 7.18. The maximum Gasteiger partial charge on any atom is 0.427 e. The van der Waals surface area contributed by atoms with Crippen molar-refractivity contribution in [3.05, 3.63) is 35.9 Å². The molecule has 0 unspecified atom stereocenters. The van der Waals surface area contributed by atoms with Gasteiger partial charge in [-0.15, -0.1) is 4.90 Å². The number of guanidine groups is 1. The molecule has 0 saturated heterocycles. The highest BCUT2D eigenvalue weighted by molar-refractivity contribution is 6.07. The number of aliphatic imine (C=N–C) groups is 1. The molecule has 0 heterocycles. The first-order valence-corrected chi connectivity index (χ1v) is 9.03. The molecule has 1 rings (SSSR count). The van der Waals surface area contributed by atoms with Crippen LogP contribution in [0, 0.1) is 0 Å². The van der Waals surface area contributed by atoms with Crippen molar-refractivity contribution in [3.8, 4) is 0 Å². The fraction of sp³-hybridized carbons (Fsp3) is 0.474. The lowest BCUT2D eigenvalue weighted by Gasteiger charge is -2.25. The molecule has 1 aromatic carbocycles. The molecule has 0 aliphatic carbocycles. The highest BCUT2D eigenvalue weighted by atomic mass is 16.6. The van der Waals surface area contributed by atoms with Gasteiger partial charge in [-0.1, -0.05) is 30.3 Å². The molecule has 11 nitrogen and oxygen atoms in total. The first-order valence-electron chi connectivity index (χ1n) is 9.03. The van der Waals surface area contributed by atoms with E-state index in [2.05, 4.69) is 4.99 Å². The van der Waals surface area contributed by atoms with E-state index >= 15 is 0 Å². The van der Waals surface area contributed by atoms with E-state index in [9.17, 15) is 14.4 Å². The van der Waals surface area contributed by atoms with E-state index in [1.54, 1.807) is 45.0 Å². The quantitative estimate of drug-likeness (QED) is 0.329. The van der Waals surface area contributed by atoms with Gasteiger partial charge in [0.15, 0.2) is 0 Å². The molecule has 0 bridgehead atoms. The van der Waals surface area contributed by atoms with Gasteiger partial charge in [0.1, 0.15) is 18.2 Å². The SMILES string of the molecule is CC(C)(C)OC(=O)N(C(=O)OCc1ccccc1)C(N)=NCCC[C@H](N)C(=O)O.O. The second kappa shape index (κ2) is 12.4. The van der Waals surface area contributed by atoms with Crippen LogP contribution in [0.15, 0.2) is 35.3 Å². The standard InChI is InChI=1S/C19H28N4O6.H2O/c1-19(2,3)29-18(27)23(16(21)22-11-7-10-14(20)15(24)25)17(26)28-12-13-8-5-4-6-9-13;/h4-6,8-9,14H,7,10-12,20H2,1-3H3,(H2,21,22)(H,24,25);1H2/t14-;/m0./s1. The van der Waals surface area contributed by atoms with Crippen molar-refractivity contribution in [1.29, 1.82) is 0 Å². The lowest BCUT2D eigenvalue weighted by molar-refractivity contribution is -0.138. The molecule has 0 aromatic heterocycles. The van der Waals surface area contributed by atoms with E-state index < -0.39 is 35.8 Å². The Bertz CT molecular complexity index is 732. The normalized spacial score (nSPS) is 12.3. The topological polar surface area (TPSA) is 189 Å². The van der Waals surface area contributed by atoms with Crippen LogP contribution in [0.2, 0.25) is 0 Å². The summed E-state index contributed by atoms with van der Waals surface area (Å²) in [5, 5.41) is 8.77. The van der Waals surface area contributed by atoms with Crippen LogP contribution in [0.25, 0.3) is 0 Å². The summed E-state index contributed by atoms with van der Waals surface area (Å²) < 4.78 is 10.3. The molecular formula is C19H30N4O7. The zero-order chi connectivity index (χ0) is 22.0. The van der Waals surface area contributed by atoms with E-state index in [0.29, 0.717) is 11.3 Å². The molecule has 11 heteroatoms. The van der Waals surface area contributed by atoms with Gasteiger partial charge in [-0.3, -0.25) is 9.79 Å². The number of amides is 2. The molecule has 7 N–H and O–H groups in total. The zero-order valence-corrected chi connectivity index (χ0v) is 17.3. The minimum absolute atomic E-state index is 0. The predicted molar refractivity (Wildman–Crippen MR) is 110 cm³/mol. The fourth-order valence-electron chi connectivity index (χ4n) is 2.05. The van der Waals surface area contributed by atoms with Crippen molar-refractivity contribution < 1.29 is 34.4 Å². The first-order chi connectivity index (χ1) is 13.5. The molecular weight excluding hydrogens is 396 g/mol. The smallest absolute Gasteiger partial charge is 0.427 e. The first kappa shape index (κ1) is 26.8. The van der Waals surface area contributed by atoms with Crippen molar-refractivity contribution in [2.24, 2.45) is 16.5 Å². The summed E-state index contributed by atoms with van der Waals surface area (Å²) in [7, 11) is 0. The van der Waals surface area contributed by atoms with E-state index in [1.165, 1.54) is 0 Å². The number of carbonyl (C=O) groups is 3. The molecule has 0 aliphatic rings. The summed E-state index contributed by atoms with van der Waals surface area (Å²) >= 11 is 0. The Morgan fingerprint density at radius 3 is 2.30 bits per heavy atom. The number of rotatable bonds is 7. The fourth-order valence-corrected chi connectivity index (χ4v) is 2.05. The van der Waals surface area contributed by atoms with E-state index in [1.807, 2.05) is 6.07 Å². The number of hydrogen-bond donors (Lipinski definition) is 3. The van der Waals surface area contributed by atoms with Crippen molar-refractivity contribution in [2.45, 2.75) is 51.9 Å². The summed E-state index contributed by atoms with van der Waals surface area (Å²) in [6.45, 7) is 4.91. The summed E-state index contributed by atoms with van der Waals surface area (Å²) in [4.78, 5) is 40.1. The summed E-state index contributed by atoms with van der Waals surface area (Å²) in [6.07, 6.45) is -1.60. The van der Waals surface area contributed by atoms with Crippen LogP contribution in [0.5, 0.6) is 0 Å². The molecule has 2 amide bonds. The van der Waals surface area contributed by atoms with Crippen LogP contribution in [0.3, 0.4) is 0 Å². The van der Waals surface area contributed by atoms with Gasteiger partial charge in [0.25, 0.3) is 0 Å². The van der Waals surface area contributed by atoms with Gasteiger partial charge in [0.05, 0.1) is 0 Å². The highest BCUT2D eigenvalue weighted by Crippen LogP contribution is 2.12. The monoisotopic (exact) mass is 426 g/mol. The van der Waals surface area contributed by atoms with Gasteiger partial charge in [-0.2, -0.15) is 0 Å². The Morgan fingerprint density at radius 2 is 1.77 bits per heavy atom. The van der Waals surface area contributed by atoms with Crippen LogP contribution in [-0.2, 0) is 20.9 Å². The zero-order valence-electron chi connectivity index (χ0n) is 17.3. The highest BCUT2D eigenvalue weighted by Gasteiger charge is 2.31. The van der Waals surface area contributed by atoms with Gasteiger partial charge in [0.2, 0.25) is 5.96 Å². The van der Waals surface area contributed by atoms with Gasteiger partial charge in [-0.05, 0) is 39.2 Å². The van der Waals surface area contributed by atoms with Gasteiger partial charge < -0.3 is 31.5 Å². The number of aliphatic carboxylic acids is 1. The van der Waals surface area contributed by atoms with Crippen molar-refractivity contribution in [3.63, 3.8) is 0 Å². The summed E-state index contributed by atoms with van der Waals surface area (Å²) in [6, 6.07) is 7.88. The Labute approximate surface area is 174 Å². The molecule has 0 saturated carbocycles. The molecule has 0 radical (unpaired) electrons. The lowest BCUT2D eigenvalue weighted by Crippen LogP contribution is -2.48. The minimum Gasteiger partial charge on any atom is -0.480 e.